The largest absolute Gasteiger partial charge is 0.465 e. The summed E-state index contributed by atoms with van der Waals surface area (Å²) in [7, 11) is 3.38. The van der Waals surface area contributed by atoms with Gasteiger partial charge in [-0.3, -0.25) is 10.3 Å². The van der Waals surface area contributed by atoms with Crippen molar-refractivity contribution < 1.29 is 37.1 Å². The Bertz CT molecular complexity index is 832. The fraction of sp³-hybridized carbons (Fsp3) is 0.267. The number of esters is 2. The summed E-state index contributed by atoms with van der Waals surface area (Å²) in [6, 6.07) is 1.65. The van der Waals surface area contributed by atoms with Crippen molar-refractivity contribution in [3.05, 3.63) is 41.5 Å². The number of carbonyl (C=O) groups excluding carboxylic acids is 2. The Kier molecular flexibility index (Phi) is 5.50. The Morgan fingerprint density at radius 3 is 2.31 bits per heavy atom. The Morgan fingerprint density at radius 2 is 1.77 bits per heavy atom. The summed E-state index contributed by atoms with van der Waals surface area (Å²) in [6.07, 6.45) is -2.70. The molecular formula is C15H14F3N3O5. The fourth-order valence-electron chi connectivity index (χ4n) is 2.17. The van der Waals surface area contributed by atoms with E-state index in [1.807, 2.05) is 0 Å². The number of alkyl halides is 3. The van der Waals surface area contributed by atoms with Crippen LogP contribution in [0, 0.1) is 0 Å². The Balaban J connectivity index is 2.71. The van der Waals surface area contributed by atoms with Crippen molar-refractivity contribution >= 4 is 17.6 Å². The average Bonchev–Trinajstić information content (AvgIpc) is 3.09. The van der Waals surface area contributed by atoms with Gasteiger partial charge in [0.05, 0.1) is 43.8 Å². The lowest BCUT2D eigenvalue weighted by Crippen LogP contribution is -2.15. The predicted molar refractivity (Wildman–Crippen MR) is 81.9 cm³/mol. The van der Waals surface area contributed by atoms with Gasteiger partial charge < -0.3 is 14.0 Å². The van der Waals surface area contributed by atoms with Gasteiger partial charge in [-0.05, 0) is 12.1 Å². The number of hydrogen-bond donors (Lipinski definition) is 1. The topological polar surface area (TPSA) is 91.7 Å². The standard InChI is InChI=1S/C15H14F3N3O5/c1-24-13(22)8-4-12(21-6-11(19-7-21)14(23)25-2)9(15(16,17)18)5-10(8)20-26-3/h4-7,20H,1-3H3. The van der Waals surface area contributed by atoms with E-state index in [-0.39, 0.29) is 16.9 Å². The van der Waals surface area contributed by atoms with Crippen LogP contribution in [0.5, 0.6) is 0 Å². The minimum Gasteiger partial charge on any atom is -0.465 e. The molecule has 1 heterocycles. The van der Waals surface area contributed by atoms with E-state index in [1.54, 1.807) is 0 Å². The third-order valence-corrected chi connectivity index (χ3v) is 3.31. The van der Waals surface area contributed by atoms with Gasteiger partial charge in [-0.1, -0.05) is 0 Å². The molecule has 0 fully saturated rings. The molecule has 0 aliphatic rings. The van der Waals surface area contributed by atoms with Crippen molar-refractivity contribution in [3.8, 4) is 5.69 Å². The van der Waals surface area contributed by atoms with Crippen LogP contribution in [-0.4, -0.2) is 42.8 Å². The minimum atomic E-state index is -4.76. The first-order valence-corrected chi connectivity index (χ1v) is 6.98. The summed E-state index contributed by atoms with van der Waals surface area (Å²) >= 11 is 0. The molecule has 26 heavy (non-hydrogen) atoms. The van der Waals surface area contributed by atoms with Crippen molar-refractivity contribution in [2.75, 3.05) is 26.8 Å². The molecule has 1 aromatic carbocycles. The molecule has 0 bridgehead atoms. The highest BCUT2D eigenvalue weighted by Gasteiger charge is 2.36. The lowest BCUT2D eigenvalue weighted by Gasteiger charge is -2.18. The first-order chi connectivity index (χ1) is 12.2. The number of carbonyl (C=O) groups is 2. The molecule has 1 N–H and O–H groups in total. The van der Waals surface area contributed by atoms with Gasteiger partial charge in [0.15, 0.2) is 5.69 Å². The maximum Gasteiger partial charge on any atom is 0.418 e. The molecule has 0 saturated carbocycles. The van der Waals surface area contributed by atoms with Crippen LogP contribution in [0.25, 0.3) is 5.69 Å². The molecule has 8 nitrogen and oxygen atoms in total. The van der Waals surface area contributed by atoms with Crippen molar-refractivity contribution in [3.63, 3.8) is 0 Å². The number of nitrogens with one attached hydrogen (secondary N) is 1. The van der Waals surface area contributed by atoms with Gasteiger partial charge in [0, 0.05) is 6.20 Å². The van der Waals surface area contributed by atoms with Crippen molar-refractivity contribution in [1.29, 1.82) is 0 Å². The molecule has 0 unspecified atom stereocenters. The monoisotopic (exact) mass is 373 g/mol. The van der Waals surface area contributed by atoms with Gasteiger partial charge in [0.2, 0.25) is 0 Å². The molecule has 0 amide bonds. The molecule has 1 aromatic heterocycles. The number of rotatable bonds is 5. The zero-order valence-electron chi connectivity index (χ0n) is 13.9. The Hall–Kier alpha value is -3.08. The lowest BCUT2D eigenvalue weighted by molar-refractivity contribution is -0.137. The summed E-state index contributed by atoms with van der Waals surface area (Å²) in [5.41, 5.74) is 0.0713. The van der Waals surface area contributed by atoms with Crippen LogP contribution in [0.4, 0.5) is 18.9 Å². The smallest absolute Gasteiger partial charge is 0.418 e. The number of aromatic nitrogens is 2. The zero-order chi connectivity index (χ0) is 19.5. The third-order valence-electron chi connectivity index (χ3n) is 3.31. The normalized spacial score (nSPS) is 11.2. The van der Waals surface area contributed by atoms with E-state index in [0.29, 0.717) is 6.07 Å². The number of anilines is 1. The average molecular weight is 373 g/mol. The highest BCUT2D eigenvalue weighted by Crippen LogP contribution is 2.37. The minimum absolute atomic E-state index is 0.195. The molecule has 0 radical (unpaired) electrons. The summed E-state index contributed by atoms with van der Waals surface area (Å²) in [5.74, 6) is -1.70. The lowest BCUT2D eigenvalue weighted by atomic mass is 10.1. The van der Waals surface area contributed by atoms with E-state index in [1.165, 1.54) is 7.11 Å². The van der Waals surface area contributed by atoms with E-state index in [4.69, 9.17) is 0 Å². The van der Waals surface area contributed by atoms with Crippen LogP contribution in [-0.2, 0) is 20.5 Å². The molecule has 0 atom stereocenters. The molecule has 2 rings (SSSR count). The van der Waals surface area contributed by atoms with Gasteiger partial charge in [-0.15, -0.1) is 0 Å². The van der Waals surface area contributed by atoms with Crippen LogP contribution in [0.15, 0.2) is 24.7 Å². The van der Waals surface area contributed by atoms with Crippen LogP contribution in [0.2, 0.25) is 0 Å². The van der Waals surface area contributed by atoms with E-state index in [9.17, 15) is 22.8 Å². The fourth-order valence-corrected chi connectivity index (χ4v) is 2.17. The quantitative estimate of drug-likeness (QED) is 0.636. The van der Waals surface area contributed by atoms with E-state index < -0.39 is 29.4 Å². The van der Waals surface area contributed by atoms with Gasteiger partial charge in [0.25, 0.3) is 0 Å². The highest BCUT2D eigenvalue weighted by atomic mass is 19.4. The van der Waals surface area contributed by atoms with E-state index in [0.717, 1.165) is 37.4 Å². The number of benzene rings is 1. The van der Waals surface area contributed by atoms with Crippen molar-refractivity contribution in [1.82, 2.24) is 9.55 Å². The van der Waals surface area contributed by atoms with Gasteiger partial charge in [0.1, 0.15) is 6.33 Å². The number of ether oxygens (including phenoxy) is 2. The molecule has 0 saturated heterocycles. The van der Waals surface area contributed by atoms with Gasteiger partial charge in [-0.2, -0.15) is 13.2 Å². The van der Waals surface area contributed by atoms with E-state index in [2.05, 4.69) is 24.8 Å². The maximum absolute atomic E-state index is 13.5. The second kappa shape index (κ2) is 7.44. The Morgan fingerprint density at radius 1 is 1.12 bits per heavy atom. The number of halogens is 3. The van der Waals surface area contributed by atoms with E-state index >= 15 is 0 Å². The molecule has 0 aliphatic carbocycles. The number of methoxy groups -OCH3 is 2. The number of imidazole rings is 1. The molecule has 11 heteroatoms. The summed E-state index contributed by atoms with van der Waals surface area (Å²) in [4.78, 5) is 31.7. The maximum atomic E-state index is 13.5. The van der Waals surface area contributed by atoms with Crippen LogP contribution < -0.4 is 5.48 Å². The molecule has 0 spiro atoms. The van der Waals surface area contributed by atoms with Crippen molar-refractivity contribution in [2.24, 2.45) is 0 Å². The number of nitrogens with zero attached hydrogens (tertiary/aromatic N) is 2. The first-order valence-electron chi connectivity index (χ1n) is 6.98. The zero-order valence-corrected chi connectivity index (χ0v) is 13.9. The van der Waals surface area contributed by atoms with Crippen LogP contribution in [0.1, 0.15) is 26.4 Å². The third kappa shape index (κ3) is 3.77. The molecular weight excluding hydrogens is 359 g/mol. The predicted octanol–water partition coefficient (Wildman–Crippen LogP) is 2.44. The van der Waals surface area contributed by atoms with Gasteiger partial charge in [-0.25, -0.2) is 14.6 Å². The molecule has 2 aromatic rings. The van der Waals surface area contributed by atoms with Crippen LogP contribution >= 0.6 is 0 Å². The van der Waals surface area contributed by atoms with Crippen molar-refractivity contribution in [2.45, 2.75) is 6.18 Å². The molecule has 0 aliphatic heterocycles. The summed E-state index contributed by atoms with van der Waals surface area (Å²) in [6.45, 7) is 0. The first kappa shape index (κ1) is 19.2. The van der Waals surface area contributed by atoms with Gasteiger partial charge >= 0.3 is 18.1 Å². The van der Waals surface area contributed by atoms with Crippen LogP contribution in [0.3, 0.4) is 0 Å². The second-order valence-corrected chi connectivity index (χ2v) is 4.87. The summed E-state index contributed by atoms with van der Waals surface area (Å²) < 4.78 is 50.5. The molecule has 140 valence electrons. The Labute approximate surface area is 145 Å². The second-order valence-electron chi connectivity index (χ2n) is 4.87. The summed E-state index contributed by atoms with van der Waals surface area (Å²) in [5, 5.41) is 0. The number of hydrogen-bond acceptors (Lipinski definition) is 7. The highest BCUT2D eigenvalue weighted by molar-refractivity contribution is 5.96. The SMILES string of the molecule is CONc1cc(C(F)(F)F)c(-n2cnc(C(=O)OC)c2)cc1C(=O)OC.